The standard InChI is InChI=1S/C11H17NO4/c13-10(12-6-2-1-3-7-12)8-4-5-9(16-8)11(14)15/h8-9H,1-7H2,(H,14,15). The number of aliphatic carboxylic acids is 1. The number of hydrogen-bond acceptors (Lipinski definition) is 3. The largest absolute Gasteiger partial charge is 0.479 e. The predicted molar refractivity (Wildman–Crippen MR) is 56.0 cm³/mol. The Hall–Kier alpha value is -1.10. The van der Waals surface area contributed by atoms with Gasteiger partial charge in [0.1, 0.15) is 6.10 Å². The van der Waals surface area contributed by atoms with Crippen LogP contribution in [0.4, 0.5) is 0 Å². The van der Waals surface area contributed by atoms with E-state index in [0.717, 1.165) is 25.9 Å². The van der Waals surface area contributed by atoms with Gasteiger partial charge in [-0.2, -0.15) is 0 Å². The Labute approximate surface area is 94.4 Å². The number of piperidine rings is 1. The zero-order chi connectivity index (χ0) is 11.5. The molecule has 1 amide bonds. The summed E-state index contributed by atoms with van der Waals surface area (Å²) in [5.74, 6) is -0.989. The fourth-order valence-electron chi connectivity index (χ4n) is 2.32. The zero-order valence-corrected chi connectivity index (χ0v) is 9.22. The quantitative estimate of drug-likeness (QED) is 0.751. The Balaban J connectivity index is 1.88. The lowest BCUT2D eigenvalue weighted by Crippen LogP contribution is -2.42. The van der Waals surface area contributed by atoms with Crippen molar-refractivity contribution in [2.24, 2.45) is 0 Å². The van der Waals surface area contributed by atoms with Crippen LogP contribution in [-0.4, -0.2) is 47.2 Å². The van der Waals surface area contributed by atoms with Crippen LogP contribution in [0.2, 0.25) is 0 Å². The minimum absolute atomic E-state index is 0.0246. The van der Waals surface area contributed by atoms with E-state index in [1.807, 2.05) is 0 Å². The molecule has 0 aliphatic carbocycles. The maximum atomic E-state index is 12.0. The number of amides is 1. The summed E-state index contributed by atoms with van der Waals surface area (Å²) >= 11 is 0. The molecule has 2 atom stereocenters. The van der Waals surface area contributed by atoms with E-state index in [-0.39, 0.29) is 5.91 Å². The van der Waals surface area contributed by atoms with E-state index in [1.165, 1.54) is 6.42 Å². The first-order chi connectivity index (χ1) is 7.68. The summed E-state index contributed by atoms with van der Waals surface area (Å²) in [4.78, 5) is 24.5. The number of rotatable bonds is 2. The molecule has 0 aromatic carbocycles. The maximum absolute atomic E-state index is 12.0. The van der Waals surface area contributed by atoms with Gasteiger partial charge in [-0.25, -0.2) is 4.79 Å². The maximum Gasteiger partial charge on any atom is 0.332 e. The lowest BCUT2D eigenvalue weighted by atomic mass is 10.1. The van der Waals surface area contributed by atoms with Crippen molar-refractivity contribution in [3.8, 4) is 0 Å². The zero-order valence-electron chi connectivity index (χ0n) is 9.22. The van der Waals surface area contributed by atoms with E-state index < -0.39 is 18.2 Å². The second-order valence-electron chi connectivity index (χ2n) is 4.41. The first kappa shape index (κ1) is 11.4. The van der Waals surface area contributed by atoms with Crippen molar-refractivity contribution in [2.45, 2.75) is 44.3 Å². The normalized spacial score (nSPS) is 30.4. The molecular weight excluding hydrogens is 210 g/mol. The number of carboxylic acids is 1. The first-order valence-electron chi connectivity index (χ1n) is 5.85. The molecule has 0 aromatic heterocycles. The highest BCUT2D eigenvalue weighted by Gasteiger charge is 2.36. The van der Waals surface area contributed by atoms with Gasteiger partial charge >= 0.3 is 5.97 Å². The van der Waals surface area contributed by atoms with Crippen LogP contribution in [0, 0.1) is 0 Å². The Morgan fingerprint density at radius 1 is 1.06 bits per heavy atom. The molecule has 0 radical (unpaired) electrons. The van der Waals surface area contributed by atoms with Gasteiger partial charge < -0.3 is 14.7 Å². The van der Waals surface area contributed by atoms with E-state index in [9.17, 15) is 9.59 Å². The molecule has 2 aliphatic rings. The molecule has 2 aliphatic heterocycles. The number of carbonyl (C=O) groups excluding carboxylic acids is 1. The van der Waals surface area contributed by atoms with E-state index in [4.69, 9.17) is 9.84 Å². The highest BCUT2D eigenvalue weighted by atomic mass is 16.5. The van der Waals surface area contributed by atoms with Crippen molar-refractivity contribution in [3.63, 3.8) is 0 Å². The topological polar surface area (TPSA) is 66.8 Å². The average Bonchev–Trinajstić information content (AvgIpc) is 2.78. The SMILES string of the molecule is O=C(O)C1CCC(C(=O)N2CCCCC2)O1. The van der Waals surface area contributed by atoms with Gasteiger partial charge in [0, 0.05) is 13.1 Å². The summed E-state index contributed by atoms with van der Waals surface area (Å²) in [6.45, 7) is 1.58. The fraction of sp³-hybridized carbons (Fsp3) is 0.818. The predicted octanol–water partition coefficient (Wildman–Crippen LogP) is 0.631. The molecule has 0 spiro atoms. The molecule has 16 heavy (non-hydrogen) atoms. The van der Waals surface area contributed by atoms with E-state index in [2.05, 4.69) is 0 Å². The number of ether oxygens (including phenoxy) is 1. The molecule has 2 heterocycles. The number of likely N-dealkylation sites (tertiary alicyclic amines) is 1. The molecule has 2 unspecified atom stereocenters. The molecule has 2 rings (SSSR count). The lowest BCUT2D eigenvalue weighted by molar-refractivity contribution is -0.155. The lowest BCUT2D eigenvalue weighted by Gasteiger charge is -2.28. The van der Waals surface area contributed by atoms with E-state index in [0.29, 0.717) is 12.8 Å². The van der Waals surface area contributed by atoms with Crippen LogP contribution in [0.3, 0.4) is 0 Å². The Morgan fingerprint density at radius 2 is 1.69 bits per heavy atom. The van der Waals surface area contributed by atoms with Crippen molar-refractivity contribution in [1.29, 1.82) is 0 Å². The van der Waals surface area contributed by atoms with Crippen LogP contribution < -0.4 is 0 Å². The second kappa shape index (κ2) is 4.82. The third kappa shape index (κ3) is 2.35. The summed E-state index contributed by atoms with van der Waals surface area (Å²) in [6.07, 6.45) is 2.92. The Kier molecular flexibility index (Phi) is 3.43. The van der Waals surface area contributed by atoms with Gasteiger partial charge in [0.2, 0.25) is 0 Å². The van der Waals surface area contributed by atoms with Crippen molar-refractivity contribution in [3.05, 3.63) is 0 Å². The molecule has 1 N–H and O–H groups in total. The van der Waals surface area contributed by atoms with Crippen LogP contribution in [0.5, 0.6) is 0 Å². The molecule has 90 valence electrons. The first-order valence-corrected chi connectivity index (χ1v) is 5.85. The highest BCUT2D eigenvalue weighted by molar-refractivity contribution is 5.82. The summed E-state index contributed by atoms with van der Waals surface area (Å²) in [5.41, 5.74) is 0. The molecule has 0 saturated carbocycles. The fourth-order valence-corrected chi connectivity index (χ4v) is 2.32. The van der Waals surface area contributed by atoms with E-state index in [1.54, 1.807) is 4.90 Å². The van der Waals surface area contributed by atoms with Crippen LogP contribution in [0.25, 0.3) is 0 Å². The van der Waals surface area contributed by atoms with Crippen molar-refractivity contribution >= 4 is 11.9 Å². The number of carboxylic acid groups (broad SMARTS) is 1. The summed E-state index contributed by atoms with van der Waals surface area (Å²) in [7, 11) is 0. The average molecular weight is 227 g/mol. The second-order valence-corrected chi connectivity index (χ2v) is 4.41. The van der Waals surface area contributed by atoms with Gasteiger partial charge in [-0.3, -0.25) is 4.79 Å². The summed E-state index contributed by atoms with van der Waals surface area (Å²) in [5, 5.41) is 8.77. The number of carbonyl (C=O) groups is 2. The highest BCUT2D eigenvalue weighted by Crippen LogP contribution is 2.22. The number of hydrogen-bond donors (Lipinski definition) is 1. The Bertz CT molecular complexity index is 286. The van der Waals surface area contributed by atoms with Crippen molar-refractivity contribution < 1.29 is 19.4 Å². The van der Waals surface area contributed by atoms with Gasteiger partial charge in [0.05, 0.1) is 0 Å². The minimum Gasteiger partial charge on any atom is -0.479 e. The van der Waals surface area contributed by atoms with Gasteiger partial charge in [-0.15, -0.1) is 0 Å². The summed E-state index contributed by atoms with van der Waals surface area (Å²) < 4.78 is 5.25. The van der Waals surface area contributed by atoms with Gasteiger partial charge in [0.25, 0.3) is 5.91 Å². The van der Waals surface area contributed by atoms with Gasteiger partial charge in [-0.1, -0.05) is 0 Å². The van der Waals surface area contributed by atoms with Crippen molar-refractivity contribution in [2.75, 3.05) is 13.1 Å². The van der Waals surface area contributed by atoms with Crippen LogP contribution >= 0.6 is 0 Å². The van der Waals surface area contributed by atoms with Crippen LogP contribution in [0.1, 0.15) is 32.1 Å². The molecular formula is C11H17NO4. The molecule has 2 fully saturated rings. The summed E-state index contributed by atoms with van der Waals surface area (Å²) in [6, 6.07) is 0. The molecule has 0 bridgehead atoms. The molecule has 0 aromatic rings. The molecule has 5 heteroatoms. The monoisotopic (exact) mass is 227 g/mol. The molecule has 5 nitrogen and oxygen atoms in total. The van der Waals surface area contributed by atoms with Crippen LogP contribution in [-0.2, 0) is 14.3 Å². The van der Waals surface area contributed by atoms with E-state index >= 15 is 0 Å². The van der Waals surface area contributed by atoms with Crippen molar-refractivity contribution in [1.82, 2.24) is 4.90 Å². The smallest absolute Gasteiger partial charge is 0.332 e. The third-order valence-electron chi connectivity index (χ3n) is 3.24. The molecule has 2 saturated heterocycles. The third-order valence-corrected chi connectivity index (χ3v) is 3.24. The number of nitrogens with zero attached hydrogens (tertiary/aromatic N) is 1. The minimum atomic E-state index is -0.964. The van der Waals surface area contributed by atoms with Gasteiger partial charge in [0.15, 0.2) is 6.10 Å². The van der Waals surface area contributed by atoms with Crippen LogP contribution in [0.15, 0.2) is 0 Å². The van der Waals surface area contributed by atoms with Gasteiger partial charge in [-0.05, 0) is 32.1 Å². The Morgan fingerprint density at radius 3 is 2.25 bits per heavy atom.